The molecular weight excluding hydrogens is 418 g/mol. The highest BCUT2D eigenvalue weighted by atomic mass is 35.5. The molecule has 1 aliphatic heterocycles. The number of aromatic nitrogens is 3. The Morgan fingerprint density at radius 1 is 1.42 bits per heavy atom. The van der Waals surface area contributed by atoms with Gasteiger partial charge in [0.25, 0.3) is 5.56 Å². The fourth-order valence-electron chi connectivity index (χ4n) is 4.09. The number of rotatable bonds is 5. The number of aliphatic hydroxyl groups is 1. The lowest BCUT2D eigenvalue weighted by Crippen LogP contribution is -2.50. The number of fused-ring (bicyclic) bond motifs is 1. The summed E-state index contributed by atoms with van der Waals surface area (Å²) in [6.07, 6.45) is 2.54. The normalized spacial score (nSPS) is 21.7. The highest BCUT2D eigenvalue weighted by molar-refractivity contribution is 6.30. The number of halogens is 1. The minimum absolute atomic E-state index is 0.162. The van der Waals surface area contributed by atoms with Crippen molar-refractivity contribution >= 4 is 34.0 Å². The summed E-state index contributed by atoms with van der Waals surface area (Å²) in [4.78, 5) is 15.4. The molecule has 1 aliphatic rings. The van der Waals surface area contributed by atoms with Crippen molar-refractivity contribution in [2.24, 2.45) is 0 Å². The summed E-state index contributed by atoms with van der Waals surface area (Å²) in [6.45, 7) is 3.64. The van der Waals surface area contributed by atoms with Crippen LogP contribution >= 0.6 is 11.6 Å². The Morgan fingerprint density at radius 3 is 2.77 bits per heavy atom. The molecule has 0 saturated carbocycles. The van der Waals surface area contributed by atoms with Crippen molar-refractivity contribution in [3.05, 3.63) is 51.9 Å². The number of nitriles is 1. The number of hydrogen-bond donors (Lipinski definition) is 3. The molecule has 1 saturated heterocycles. The van der Waals surface area contributed by atoms with Crippen LogP contribution in [0.2, 0.25) is 5.02 Å². The van der Waals surface area contributed by atoms with Gasteiger partial charge in [-0.05, 0) is 57.0 Å². The zero-order valence-electron chi connectivity index (χ0n) is 17.4. The topological polar surface area (TPSA) is 116 Å². The van der Waals surface area contributed by atoms with E-state index in [4.69, 9.17) is 21.4 Å². The Bertz CT molecular complexity index is 1180. The molecule has 1 aromatic carbocycles. The molecule has 0 amide bonds. The van der Waals surface area contributed by atoms with Gasteiger partial charge in [-0.15, -0.1) is 0 Å². The van der Waals surface area contributed by atoms with Gasteiger partial charge in [0.2, 0.25) is 0 Å². The van der Waals surface area contributed by atoms with Gasteiger partial charge in [-0.25, -0.2) is 0 Å². The number of aromatic amines is 1. The van der Waals surface area contributed by atoms with Gasteiger partial charge in [0.05, 0.1) is 41.9 Å². The maximum Gasteiger partial charge on any atom is 0.261 e. The third kappa shape index (κ3) is 4.04. The quantitative estimate of drug-likeness (QED) is 0.556. The largest absolute Gasteiger partial charge is 0.388 e. The minimum Gasteiger partial charge on any atom is -0.388 e. The van der Waals surface area contributed by atoms with E-state index in [2.05, 4.69) is 16.4 Å². The number of anilines is 2. The molecule has 0 spiro atoms. The van der Waals surface area contributed by atoms with Crippen molar-refractivity contribution in [3.8, 4) is 6.07 Å². The summed E-state index contributed by atoms with van der Waals surface area (Å²) in [7, 11) is 0. The molecule has 0 radical (unpaired) electrons. The van der Waals surface area contributed by atoms with Crippen LogP contribution in [0, 0.1) is 11.3 Å². The number of nitrogens with zero attached hydrogens (tertiary/aromatic N) is 3. The van der Waals surface area contributed by atoms with E-state index in [1.54, 1.807) is 55.1 Å². The average molecular weight is 442 g/mol. The molecule has 0 aliphatic carbocycles. The van der Waals surface area contributed by atoms with Gasteiger partial charge in [-0.2, -0.15) is 10.4 Å². The van der Waals surface area contributed by atoms with Gasteiger partial charge < -0.3 is 20.1 Å². The lowest BCUT2D eigenvalue weighted by atomic mass is 9.83. The molecule has 162 valence electrons. The van der Waals surface area contributed by atoms with Crippen LogP contribution in [0.3, 0.4) is 0 Å². The van der Waals surface area contributed by atoms with E-state index in [1.165, 1.54) is 0 Å². The summed E-state index contributed by atoms with van der Waals surface area (Å²) < 4.78 is 7.74. The first-order chi connectivity index (χ1) is 14.7. The lowest BCUT2D eigenvalue weighted by Gasteiger charge is -2.42. The van der Waals surface area contributed by atoms with Gasteiger partial charge in [0.15, 0.2) is 5.82 Å². The van der Waals surface area contributed by atoms with E-state index in [0.717, 1.165) is 5.69 Å². The Labute approximate surface area is 184 Å². The monoisotopic (exact) mass is 441 g/mol. The van der Waals surface area contributed by atoms with Crippen LogP contribution in [0.1, 0.15) is 33.1 Å². The lowest BCUT2D eigenvalue weighted by molar-refractivity contribution is -0.140. The Kier molecular flexibility index (Phi) is 5.52. The van der Waals surface area contributed by atoms with Gasteiger partial charge in [-0.1, -0.05) is 11.6 Å². The maximum atomic E-state index is 12.7. The number of ether oxygens (including phenoxy) is 1. The number of H-pyrrole nitrogens is 1. The summed E-state index contributed by atoms with van der Waals surface area (Å²) in [5, 5.41) is 28.8. The fourth-order valence-corrected chi connectivity index (χ4v) is 4.22. The number of hydrogen-bond acceptors (Lipinski definition) is 6. The molecule has 3 aromatic rings. The molecular formula is C22H24ClN5O3. The van der Waals surface area contributed by atoms with Gasteiger partial charge in [0, 0.05) is 16.9 Å². The van der Waals surface area contributed by atoms with Crippen molar-refractivity contribution in [1.29, 1.82) is 5.26 Å². The fraction of sp³-hybridized carbons (Fsp3) is 0.409. The molecule has 3 heterocycles. The van der Waals surface area contributed by atoms with Crippen molar-refractivity contribution in [2.75, 3.05) is 11.9 Å². The van der Waals surface area contributed by atoms with Crippen molar-refractivity contribution < 1.29 is 9.84 Å². The van der Waals surface area contributed by atoms with Gasteiger partial charge >= 0.3 is 0 Å². The number of pyridine rings is 1. The molecule has 31 heavy (non-hydrogen) atoms. The SMILES string of the molecule is CC(C)(O)C1CCC(CC#N)(n2nc(Nc3ccc(Cl)cc3)c3c(=O)[nH]ccc32)CO1. The van der Waals surface area contributed by atoms with Crippen molar-refractivity contribution in [2.45, 2.75) is 50.4 Å². The van der Waals surface area contributed by atoms with Crippen LogP contribution in [0.4, 0.5) is 11.5 Å². The second kappa shape index (κ2) is 8.00. The number of nitrogens with one attached hydrogen (secondary N) is 2. The molecule has 0 bridgehead atoms. The smallest absolute Gasteiger partial charge is 0.261 e. The predicted molar refractivity (Wildman–Crippen MR) is 119 cm³/mol. The Morgan fingerprint density at radius 2 is 2.16 bits per heavy atom. The average Bonchev–Trinajstić information content (AvgIpc) is 3.10. The van der Waals surface area contributed by atoms with Crippen LogP contribution in [-0.2, 0) is 10.3 Å². The van der Waals surface area contributed by atoms with Crippen LogP contribution in [0.5, 0.6) is 0 Å². The first-order valence-corrected chi connectivity index (χ1v) is 10.5. The Balaban J connectivity index is 1.79. The van der Waals surface area contributed by atoms with Crippen LogP contribution < -0.4 is 10.9 Å². The first kappa shape index (κ1) is 21.4. The Hall–Kier alpha value is -2.86. The van der Waals surface area contributed by atoms with E-state index in [0.29, 0.717) is 34.6 Å². The highest BCUT2D eigenvalue weighted by Crippen LogP contribution is 2.39. The minimum atomic E-state index is -0.983. The van der Waals surface area contributed by atoms with E-state index in [9.17, 15) is 15.2 Å². The standard InChI is InChI=1S/C22H24ClN5O3/c1-21(2,30)17-7-9-22(10-11-24,13-31-17)28-16-8-12-25-20(29)18(16)19(27-28)26-15-5-3-14(23)4-6-15/h3-6,8,12,17,30H,7,9-10,13H2,1-2H3,(H,25,29)(H,26,27). The van der Waals surface area contributed by atoms with Gasteiger partial charge in [0.1, 0.15) is 5.39 Å². The van der Waals surface area contributed by atoms with Crippen LogP contribution in [-0.4, -0.2) is 38.2 Å². The maximum absolute atomic E-state index is 12.7. The zero-order chi connectivity index (χ0) is 22.2. The molecule has 4 rings (SSSR count). The zero-order valence-corrected chi connectivity index (χ0v) is 18.1. The summed E-state index contributed by atoms with van der Waals surface area (Å²) in [6, 6.07) is 11.1. The van der Waals surface area contributed by atoms with Crippen LogP contribution in [0.15, 0.2) is 41.3 Å². The third-order valence-electron chi connectivity index (χ3n) is 5.78. The predicted octanol–water partition coefficient (Wildman–Crippen LogP) is 3.68. The first-order valence-electron chi connectivity index (χ1n) is 10.1. The second-order valence-corrected chi connectivity index (χ2v) is 8.95. The molecule has 2 atom stereocenters. The summed E-state index contributed by atoms with van der Waals surface area (Å²) >= 11 is 5.97. The molecule has 3 N–H and O–H groups in total. The summed E-state index contributed by atoms with van der Waals surface area (Å²) in [5.41, 5.74) is -0.666. The third-order valence-corrected chi connectivity index (χ3v) is 6.03. The van der Waals surface area contributed by atoms with Crippen molar-refractivity contribution in [3.63, 3.8) is 0 Å². The second-order valence-electron chi connectivity index (χ2n) is 8.51. The molecule has 8 nitrogen and oxygen atoms in total. The molecule has 9 heteroatoms. The highest BCUT2D eigenvalue weighted by Gasteiger charge is 2.43. The van der Waals surface area contributed by atoms with E-state index >= 15 is 0 Å². The molecule has 1 fully saturated rings. The van der Waals surface area contributed by atoms with E-state index < -0.39 is 11.1 Å². The van der Waals surface area contributed by atoms with Gasteiger partial charge in [-0.3, -0.25) is 9.48 Å². The molecule has 2 unspecified atom stereocenters. The number of benzene rings is 1. The van der Waals surface area contributed by atoms with Crippen molar-refractivity contribution in [1.82, 2.24) is 14.8 Å². The van der Waals surface area contributed by atoms with E-state index in [-0.39, 0.29) is 24.7 Å². The van der Waals surface area contributed by atoms with Crippen LogP contribution in [0.25, 0.3) is 10.9 Å². The summed E-state index contributed by atoms with van der Waals surface area (Å²) in [5.74, 6) is 0.390. The molecule has 2 aromatic heterocycles. The van der Waals surface area contributed by atoms with E-state index in [1.807, 2.05) is 0 Å².